The molecule has 0 heterocycles. The first kappa shape index (κ1) is 18.1. The van der Waals surface area contributed by atoms with Crippen LogP contribution in [0.4, 0.5) is 0 Å². The van der Waals surface area contributed by atoms with Gasteiger partial charge in [-0.25, -0.2) is 0 Å². The Labute approximate surface area is 145 Å². The number of methoxy groups -OCH3 is 1. The SMILES string of the molecule is CC[C@H](NC(=O)Cc1ccc(OC)c(C)c1)c1ccc(C)cc1C. The van der Waals surface area contributed by atoms with Crippen LogP contribution < -0.4 is 10.1 Å². The molecular weight excluding hydrogens is 298 g/mol. The molecule has 0 aliphatic carbocycles. The Morgan fingerprint density at radius 1 is 1.08 bits per heavy atom. The van der Waals surface area contributed by atoms with Crippen molar-refractivity contribution < 1.29 is 9.53 Å². The van der Waals surface area contributed by atoms with Crippen LogP contribution in [-0.2, 0) is 11.2 Å². The van der Waals surface area contributed by atoms with Crippen LogP contribution in [0.5, 0.6) is 5.75 Å². The molecule has 0 unspecified atom stereocenters. The van der Waals surface area contributed by atoms with Gasteiger partial charge < -0.3 is 10.1 Å². The number of nitrogens with one attached hydrogen (secondary N) is 1. The number of carbonyl (C=O) groups is 1. The fourth-order valence-electron chi connectivity index (χ4n) is 3.10. The number of amides is 1. The highest BCUT2D eigenvalue weighted by molar-refractivity contribution is 5.79. The van der Waals surface area contributed by atoms with Crippen molar-refractivity contribution in [3.05, 3.63) is 64.2 Å². The Morgan fingerprint density at radius 3 is 2.42 bits per heavy atom. The molecule has 0 saturated heterocycles. The maximum absolute atomic E-state index is 12.5. The predicted molar refractivity (Wildman–Crippen MR) is 98.5 cm³/mol. The third kappa shape index (κ3) is 4.38. The molecule has 0 aromatic heterocycles. The van der Waals surface area contributed by atoms with Crippen molar-refractivity contribution in [1.29, 1.82) is 0 Å². The van der Waals surface area contributed by atoms with Gasteiger partial charge in [-0.15, -0.1) is 0 Å². The molecule has 0 fully saturated rings. The highest BCUT2D eigenvalue weighted by atomic mass is 16.5. The van der Waals surface area contributed by atoms with Crippen molar-refractivity contribution in [2.24, 2.45) is 0 Å². The number of aryl methyl sites for hydroxylation is 3. The molecule has 2 aromatic carbocycles. The summed E-state index contributed by atoms with van der Waals surface area (Å²) in [6.07, 6.45) is 1.25. The summed E-state index contributed by atoms with van der Waals surface area (Å²) >= 11 is 0. The molecule has 0 saturated carbocycles. The van der Waals surface area contributed by atoms with E-state index in [1.54, 1.807) is 7.11 Å². The standard InChI is InChI=1S/C21H27NO2/c1-6-19(18-9-7-14(2)11-15(18)3)22-21(23)13-17-8-10-20(24-5)16(4)12-17/h7-12,19H,6,13H2,1-5H3,(H,22,23)/t19-/m0/s1. The van der Waals surface area contributed by atoms with Gasteiger partial charge in [0.1, 0.15) is 5.75 Å². The number of hydrogen-bond acceptors (Lipinski definition) is 2. The minimum atomic E-state index is 0.0476. The van der Waals surface area contributed by atoms with Gasteiger partial charge in [-0.3, -0.25) is 4.79 Å². The lowest BCUT2D eigenvalue weighted by Gasteiger charge is -2.20. The smallest absolute Gasteiger partial charge is 0.224 e. The van der Waals surface area contributed by atoms with Gasteiger partial charge in [0.25, 0.3) is 0 Å². The van der Waals surface area contributed by atoms with Crippen LogP contribution in [0.1, 0.15) is 47.2 Å². The Hall–Kier alpha value is -2.29. The van der Waals surface area contributed by atoms with E-state index >= 15 is 0 Å². The van der Waals surface area contributed by atoms with Crippen molar-refractivity contribution in [3.63, 3.8) is 0 Å². The molecule has 1 atom stereocenters. The van der Waals surface area contributed by atoms with Gasteiger partial charge in [0.2, 0.25) is 5.91 Å². The van der Waals surface area contributed by atoms with E-state index in [4.69, 9.17) is 4.74 Å². The second-order valence-electron chi connectivity index (χ2n) is 6.37. The molecule has 24 heavy (non-hydrogen) atoms. The Morgan fingerprint density at radius 2 is 1.83 bits per heavy atom. The number of ether oxygens (including phenoxy) is 1. The van der Waals surface area contributed by atoms with Gasteiger partial charge in [-0.2, -0.15) is 0 Å². The van der Waals surface area contributed by atoms with Crippen LogP contribution >= 0.6 is 0 Å². The summed E-state index contributed by atoms with van der Waals surface area (Å²) in [5, 5.41) is 3.17. The van der Waals surface area contributed by atoms with Crippen LogP contribution in [0.15, 0.2) is 36.4 Å². The van der Waals surface area contributed by atoms with Gasteiger partial charge >= 0.3 is 0 Å². The Bertz CT molecular complexity index is 722. The molecule has 0 aliphatic rings. The molecule has 1 N–H and O–H groups in total. The number of benzene rings is 2. The lowest BCUT2D eigenvalue weighted by atomic mass is 9.97. The topological polar surface area (TPSA) is 38.3 Å². The molecule has 0 bridgehead atoms. The minimum Gasteiger partial charge on any atom is -0.496 e. The van der Waals surface area contributed by atoms with Crippen molar-refractivity contribution >= 4 is 5.91 Å². The summed E-state index contributed by atoms with van der Waals surface area (Å²) in [6, 6.07) is 12.3. The molecule has 3 nitrogen and oxygen atoms in total. The fourth-order valence-corrected chi connectivity index (χ4v) is 3.10. The highest BCUT2D eigenvalue weighted by Gasteiger charge is 2.15. The molecule has 3 heteroatoms. The quantitative estimate of drug-likeness (QED) is 0.853. The third-order valence-corrected chi connectivity index (χ3v) is 4.37. The Balaban J connectivity index is 2.08. The average Bonchev–Trinajstić information content (AvgIpc) is 2.53. The summed E-state index contributed by atoms with van der Waals surface area (Å²) in [5.41, 5.74) is 5.71. The number of carbonyl (C=O) groups excluding carboxylic acids is 1. The van der Waals surface area contributed by atoms with E-state index in [-0.39, 0.29) is 11.9 Å². The summed E-state index contributed by atoms with van der Waals surface area (Å²) in [5.74, 6) is 0.896. The number of hydrogen-bond donors (Lipinski definition) is 1. The van der Waals surface area contributed by atoms with Crippen molar-refractivity contribution in [2.75, 3.05) is 7.11 Å². The molecule has 128 valence electrons. The highest BCUT2D eigenvalue weighted by Crippen LogP contribution is 2.22. The third-order valence-electron chi connectivity index (χ3n) is 4.37. The predicted octanol–water partition coefficient (Wildman–Crippen LogP) is 4.43. The maximum Gasteiger partial charge on any atom is 0.224 e. The normalized spacial score (nSPS) is 11.9. The van der Waals surface area contributed by atoms with Crippen LogP contribution in [0.3, 0.4) is 0 Å². The molecule has 2 aromatic rings. The first-order valence-electron chi connectivity index (χ1n) is 8.44. The summed E-state index contributed by atoms with van der Waals surface area (Å²) in [6.45, 7) is 8.28. The van der Waals surface area contributed by atoms with Gasteiger partial charge in [0.15, 0.2) is 0 Å². The fraction of sp³-hybridized carbons (Fsp3) is 0.381. The molecule has 0 spiro atoms. The largest absolute Gasteiger partial charge is 0.496 e. The van der Waals surface area contributed by atoms with Crippen molar-refractivity contribution in [2.45, 2.75) is 46.6 Å². The zero-order valence-electron chi connectivity index (χ0n) is 15.3. The maximum atomic E-state index is 12.5. The average molecular weight is 325 g/mol. The molecule has 1 amide bonds. The molecule has 0 radical (unpaired) electrons. The van der Waals surface area contributed by atoms with E-state index in [2.05, 4.69) is 44.3 Å². The van der Waals surface area contributed by atoms with Gasteiger partial charge in [0.05, 0.1) is 19.6 Å². The second-order valence-corrected chi connectivity index (χ2v) is 6.37. The Kier molecular flexibility index (Phi) is 6.02. The van der Waals surface area contributed by atoms with E-state index in [1.165, 1.54) is 16.7 Å². The monoisotopic (exact) mass is 325 g/mol. The summed E-state index contributed by atoms with van der Waals surface area (Å²) in [4.78, 5) is 12.5. The second kappa shape index (κ2) is 8.00. The van der Waals surface area contributed by atoms with Crippen LogP contribution in [0.25, 0.3) is 0 Å². The molecule has 0 aliphatic heterocycles. The molecule has 2 rings (SSSR count). The van der Waals surface area contributed by atoms with E-state index in [1.807, 2.05) is 25.1 Å². The van der Waals surface area contributed by atoms with E-state index < -0.39 is 0 Å². The van der Waals surface area contributed by atoms with E-state index in [0.29, 0.717) is 6.42 Å². The van der Waals surface area contributed by atoms with Crippen LogP contribution in [0, 0.1) is 20.8 Å². The van der Waals surface area contributed by atoms with Crippen LogP contribution in [0.2, 0.25) is 0 Å². The minimum absolute atomic E-state index is 0.0476. The lowest BCUT2D eigenvalue weighted by Crippen LogP contribution is -2.30. The zero-order valence-corrected chi connectivity index (χ0v) is 15.3. The first-order chi connectivity index (χ1) is 11.4. The van der Waals surface area contributed by atoms with Crippen LogP contribution in [-0.4, -0.2) is 13.0 Å². The van der Waals surface area contributed by atoms with E-state index in [9.17, 15) is 4.79 Å². The van der Waals surface area contributed by atoms with Gasteiger partial charge in [-0.05, 0) is 55.5 Å². The van der Waals surface area contributed by atoms with Gasteiger partial charge in [-0.1, -0.05) is 42.8 Å². The molecular formula is C21H27NO2. The first-order valence-corrected chi connectivity index (χ1v) is 8.44. The zero-order chi connectivity index (χ0) is 17.7. The summed E-state index contributed by atoms with van der Waals surface area (Å²) < 4.78 is 5.27. The lowest BCUT2D eigenvalue weighted by molar-refractivity contribution is -0.121. The number of rotatable bonds is 6. The van der Waals surface area contributed by atoms with Crippen molar-refractivity contribution in [3.8, 4) is 5.75 Å². The van der Waals surface area contributed by atoms with Crippen molar-refractivity contribution in [1.82, 2.24) is 5.32 Å². The van der Waals surface area contributed by atoms with E-state index in [0.717, 1.165) is 23.3 Å². The van der Waals surface area contributed by atoms with Gasteiger partial charge in [0, 0.05) is 0 Å². The summed E-state index contributed by atoms with van der Waals surface area (Å²) in [7, 11) is 1.66.